The average Bonchev–Trinajstić information content (AvgIpc) is 2.27. The van der Waals surface area contributed by atoms with Gasteiger partial charge in [0, 0.05) is 6.04 Å². The molecule has 0 aliphatic heterocycles. The highest BCUT2D eigenvalue weighted by molar-refractivity contribution is 5.81. The molecule has 3 nitrogen and oxygen atoms in total. The van der Waals surface area contributed by atoms with Gasteiger partial charge in [0.15, 0.2) is 0 Å². The Morgan fingerprint density at radius 2 is 1.89 bits per heavy atom. The molecule has 0 aromatic heterocycles. The fraction of sp³-hybridized carbons (Fsp3) is 0.917. The largest absolute Gasteiger partial charge is 0.471 e. The van der Waals surface area contributed by atoms with Crippen LogP contribution in [0.1, 0.15) is 45.4 Å². The van der Waals surface area contributed by atoms with Crippen molar-refractivity contribution in [2.45, 2.75) is 63.8 Å². The quantitative estimate of drug-likeness (QED) is 0.821. The van der Waals surface area contributed by atoms with Gasteiger partial charge in [-0.25, -0.2) is 0 Å². The van der Waals surface area contributed by atoms with Crippen LogP contribution in [0, 0.1) is 5.92 Å². The zero-order valence-corrected chi connectivity index (χ0v) is 10.5. The Balaban J connectivity index is 2.62. The molecule has 0 unspecified atom stereocenters. The monoisotopic (exact) mass is 267 g/mol. The molecule has 0 aromatic carbocycles. The number of nitrogens with one attached hydrogen (secondary N) is 1. The number of carbonyl (C=O) groups excluding carboxylic acids is 1. The highest BCUT2D eigenvalue weighted by Gasteiger charge is 2.41. The first-order valence-corrected chi connectivity index (χ1v) is 6.36. The number of halogens is 3. The predicted octanol–water partition coefficient (Wildman–Crippen LogP) is 2.38. The van der Waals surface area contributed by atoms with Gasteiger partial charge in [-0.1, -0.05) is 19.3 Å². The Morgan fingerprint density at radius 3 is 2.33 bits per heavy atom. The van der Waals surface area contributed by atoms with Crippen molar-refractivity contribution in [3.63, 3.8) is 0 Å². The van der Waals surface area contributed by atoms with Crippen molar-refractivity contribution in [2.24, 2.45) is 5.92 Å². The number of aliphatic hydroxyl groups excluding tert-OH is 1. The van der Waals surface area contributed by atoms with Gasteiger partial charge in [0.2, 0.25) is 0 Å². The summed E-state index contributed by atoms with van der Waals surface area (Å²) in [4.78, 5) is 11.0. The van der Waals surface area contributed by atoms with Crippen LogP contribution in [0.25, 0.3) is 0 Å². The van der Waals surface area contributed by atoms with Crippen LogP contribution in [0.2, 0.25) is 0 Å². The van der Waals surface area contributed by atoms with Crippen molar-refractivity contribution in [1.82, 2.24) is 5.32 Å². The van der Waals surface area contributed by atoms with Crippen LogP contribution in [-0.4, -0.2) is 29.3 Å². The van der Waals surface area contributed by atoms with E-state index >= 15 is 0 Å². The van der Waals surface area contributed by atoms with Crippen molar-refractivity contribution >= 4 is 5.91 Å². The molecule has 2 N–H and O–H groups in total. The Bertz CT molecular complexity index is 273. The Kier molecular flexibility index (Phi) is 5.44. The Hall–Kier alpha value is -0.780. The van der Waals surface area contributed by atoms with E-state index in [9.17, 15) is 23.1 Å². The first kappa shape index (κ1) is 15.3. The molecule has 106 valence electrons. The molecule has 1 aliphatic rings. The molecule has 1 rings (SSSR count). The predicted molar refractivity (Wildman–Crippen MR) is 60.9 cm³/mol. The van der Waals surface area contributed by atoms with Gasteiger partial charge in [-0.2, -0.15) is 13.2 Å². The molecule has 6 heteroatoms. The molecular weight excluding hydrogens is 247 g/mol. The van der Waals surface area contributed by atoms with Gasteiger partial charge in [0.25, 0.3) is 0 Å². The summed E-state index contributed by atoms with van der Waals surface area (Å²) in [5.74, 6) is -1.86. The van der Waals surface area contributed by atoms with Gasteiger partial charge >= 0.3 is 12.1 Å². The highest BCUT2D eigenvalue weighted by Crippen LogP contribution is 2.29. The fourth-order valence-electron chi connectivity index (χ4n) is 2.52. The van der Waals surface area contributed by atoms with Crippen LogP contribution in [0.5, 0.6) is 0 Å². The van der Waals surface area contributed by atoms with Crippen molar-refractivity contribution in [2.75, 3.05) is 0 Å². The third-order valence-corrected chi connectivity index (χ3v) is 3.39. The van der Waals surface area contributed by atoms with Crippen LogP contribution in [0.15, 0.2) is 0 Å². The standard InChI is InChI=1S/C12H20F3NO2/c1-8(17)7-10(9-5-3-2-4-6-9)16-11(18)12(13,14)15/h8-10,17H,2-7H2,1H3,(H,16,18)/t8-,10-/m0/s1. The molecular formula is C12H20F3NO2. The third kappa shape index (κ3) is 4.84. The Labute approximate surface area is 105 Å². The summed E-state index contributed by atoms with van der Waals surface area (Å²) < 4.78 is 36.7. The van der Waals surface area contributed by atoms with Crippen LogP contribution in [0.3, 0.4) is 0 Å². The van der Waals surface area contributed by atoms with Crippen molar-refractivity contribution in [1.29, 1.82) is 0 Å². The molecule has 0 spiro atoms. The van der Waals surface area contributed by atoms with Gasteiger partial charge in [0.05, 0.1) is 6.10 Å². The van der Waals surface area contributed by atoms with Crippen LogP contribution in [0.4, 0.5) is 13.2 Å². The number of carbonyl (C=O) groups is 1. The normalized spacial score (nSPS) is 21.4. The lowest BCUT2D eigenvalue weighted by atomic mass is 9.82. The summed E-state index contributed by atoms with van der Waals surface area (Å²) >= 11 is 0. The van der Waals surface area contributed by atoms with E-state index < -0.39 is 24.2 Å². The second kappa shape index (κ2) is 6.41. The molecule has 1 amide bonds. The van der Waals surface area contributed by atoms with Crippen molar-refractivity contribution in [3.05, 3.63) is 0 Å². The Morgan fingerprint density at radius 1 is 1.33 bits per heavy atom. The van der Waals surface area contributed by atoms with Crippen LogP contribution in [-0.2, 0) is 4.79 Å². The highest BCUT2D eigenvalue weighted by atomic mass is 19.4. The van der Waals surface area contributed by atoms with Crippen molar-refractivity contribution in [3.8, 4) is 0 Å². The van der Waals surface area contributed by atoms with E-state index in [-0.39, 0.29) is 12.3 Å². The molecule has 0 bridgehead atoms. The van der Waals surface area contributed by atoms with E-state index in [4.69, 9.17) is 0 Å². The topological polar surface area (TPSA) is 49.3 Å². The second-order valence-electron chi connectivity index (χ2n) is 5.06. The second-order valence-corrected chi connectivity index (χ2v) is 5.06. The maximum Gasteiger partial charge on any atom is 0.471 e. The molecule has 0 saturated heterocycles. The first-order chi connectivity index (χ1) is 8.30. The summed E-state index contributed by atoms with van der Waals surface area (Å²) in [6, 6.07) is -0.584. The number of hydrogen-bond donors (Lipinski definition) is 2. The van der Waals surface area contributed by atoms with Crippen LogP contribution < -0.4 is 5.32 Å². The van der Waals surface area contributed by atoms with E-state index in [1.807, 2.05) is 5.32 Å². The summed E-state index contributed by atoms with van der Waals surface area (Å²) in [5, 5.41) is 11.4. The smallest absolute Gasteiger partial charge is 0.393 e. The molecule has 2 atom stereocenters. The van der Waals surface area contributed by atoms with Gasteiger partial charge in [0.1, 0.15) is 0 Å². The van der Waals surface area contributed by atoms with E-state index in [2.05, 4.69) is 0 Å². The lowest BCUT2D eigenvalue weighted by Crippen LogP contribution is -2.48. The maximum atomic E-state index is 12.2. The zero-order chi connectivity index (χ0) is 13.8. The number of hydrogen-bond acceptors (Lipinski definition) is 2. The first-order valence-electron chi connectivity index (χ1n) is 6.36. The van der Waals surface area contributed by atoms with Gasteiger partial charge in [-0.3, -0.25) is 4.79 Å². The fourth-order valence-corrected chi connectivity index (χ4v) is 2.52. The van der Waals surface area contributed by atoms with E-state index in [0.717, 1.165) is 32.1 Å². The minimum Gasteiger partial charge on any atom is -0.393 e. The maximum absolute atomic E-state index is 12.2. The minimum absolute atomic E-state index is 0.0413. The van der Waals surface area contributed by atoms with Gasteiger partial charge < -0.3 is 10.4 Å². The van der Waals surface area contributed by atoms with Gasteiger partial charge in [-0.15, -0.1) is 0 Å². The van der Waals surface area contributed by atoms with E-state index in [1.165, 1.54) is 6.92 Å². The molecule has 1 saturated carbocycles. The zero-order valence-electron chi connectivity index (χ0n) is 10.5. The van der Waals surface area contributed by atoms with E-state index in [1.54, 1.807) is 0 Å². The average molecular weight is 267 g/mol. The molecule has 1 aliphatic carbocycles. The summed E-state index contributed by atoms with van der Waals surface area (Å²) in [6.07, 6.45) is -0.731. The SMILES string of the molecule is C[C@H](O)C[C@H](NC(=O)C(F)(F)F)C1CCCCC1. The summed E-state index contributed by atoms with van der Waals surface area (Å²) in [5.41, 5.74) is 0. The van der Waals surface area contributed by atoms with Gasteiger partial charge in [-0.05, 0) is 32.1 Å². The lowest BCUT2D eigenvalue weighted by Gasteiger charge is -2.32. The number of rotatable bonds is 4. The lowest BCUT2D eigenvalue weighted by molar-refractivity contribution is -0.175. The van der Waals surface area contributed by atoms with E-state index in [0.29, 0.717) is 0 Å². The molecule has 18 heavy (non-hydrogen) atoms. The third-order valence-electron chi connectivity index (χ3n) is 3.39. The number of amides is 1. The molecule has 0 heterocycles. The number of alkyl halides is 3. The summed E-state index contributed by atoms with van der Waals surface area (Å²) in [7, 11) is 0. The minimum atomic E-state index is -4.86. The summed E-state index contributed by atoms with van der Waals surface area (Å²) in [6.45, 7) is 1.52. The molecule has 0 radical (unpaired) electrons. The molecule has 1 fully saturated rings. The molecule has 0 aromatic rings. The number of aliphatic hydroxyl groups is 1. The van der Waals surface area contributed by atoms with Crippen LogP contribution >= 0.6 is 0 Å². The van der Waals surface area contributed by atoms with Crippen molar-refractivity contribution < 1.29 is 23.1 Å².